The summed E-state index contributed by atoms with van der Waals surface area (Å²) in [5, 5.41) is 8.64. The van der Waals surface area contributed by atoms with Gasteiger partial charge in [-0.2, -0.15) is 0 Å². The first-order chi connectivity index (χ1) is 10.2. The van der Waals surface area contributed by atoms with Crippen LogP contribution in [-0.2, 0) is 0 Å². The van der Waals surface area contributed by atoms with Gasteiger partial charge in [0.25, 0.3) is 0 Å². The molecule has 0 amide bonds. The van der Waals surface area contributed by atoms with Crippen LogP contribution in [0, 0.1) is 0 Å². The molecule has 1 atom stereocenters. The molecule has 21 heavy (non-hydrogen) atoms. The van der Waals surface area contributed by atoms with Crippen LogP contribution in [-0.4, -0.2) is 14.8 Å². The van der Waals surface area contributed by atoms with Crippen LogP contribution in [0.25, 0.3) is 11.4 Å². The Hall–Kier alpha value is -1.65. The normalized spacial score (nSPS) is 12.3. The van der Waals surface area contributed by atoms with Gasteiger partial charge in [0, 0.05) is 10.0 Å². The molecule has 0 aliphatic rings. The minimum atomic E-state index is 0.0517. The van der Waals surface area contributed by atoms with Crippen molar-refractivity contribution in [2.24, 2.45) is 0 Å². The minimum absolute atomic E-state index is 0.0517. The van der Waals surface area contributed by atoms with Gasteiger partial charge in [-0.25, -0.2) is 0 Å². The maximum Gasteiger partial charge on any atom is 0.225 e. The molecule has 2 aromatic carbocycles. The fourth-order valence-corrected chi connectivity index (χ4v) is 2.82. The first-order valence-electron chi connectivity index (χ1n) is 6.58. The lowest BCUT2D eigenvalue weighted by atomic mass is 10.1. The lowest BCUT2D eigenvalue weighted by Gasteiger charge is -2.17. The van der Waals surface area contributed by atoms with E-state index in [4.69, 9.17) is 11.6 Å². The third kappa shape index (κ3) is 2.87. The Labute approximate surface area is 136 Å². The Bertz CT molecular complexity index is 738. The Morgan fingerprint density at radius 2 is 1.67 bits per heavy atom. The Balaban J connectivity index is 2.06. The zero-order valence-electron chi connectivity index (χ0n) is 11.4. The van der Waals surface area contributed by atoms with Gasteiger partial charge in [0.05, 0.1) is 6.04 Å². The predicted molar refractivity (Wildman–Crippen MR) is 88.4 cm³/mol. The van der Waals surface area contributed by atoms with E-state index in [9.17, 15) is 0 Å². The monoisotopic (exact) mass is 361 g/mol. The van der Waals surface area contributed by atoms with Crippen LogP contribution in [0.5, 0.6) is 0 Å². The van der Waals surface area contributed by atoms with E-state index in [-0.39, 0.29) is 6.04 Å². The molecule has 0 bridgehead atoms. The van der Waals surface area contributed by atoms with Crippen LogP contribution in [0.1, 0.15) is 18.5 Å². The van der Waals surface area contributed by atoms with Gasteiger partial charge in [-0.05, 0) is 36.2 Å². The average Bonchev–Trinajstić information content (AvgIpc) is 2.90. The van der Waals surface area contributed by atoms with Gasteiger partial charge < -0.3 is 0 Å². The van der Waals surface area contributed by atoms with Crippen LogP contribution >= 0.6 is 27.5 Å². The molecule has 3 nitrogen and oxygen atoms in total. The molecule has 3 rings (SSSR count). The fraction of sp³-hybridized carbons (Fsp3) is 0.125. The lowest BCUT2D eigenvalue weighted by Crippen LogP contribution is -2.08. The summed E-state index contributed by atoms with van der Waals surface area (Å²) in [4.78, 5) is 0. The summed E-state index contributed by atoms with van der Waals surface area (Å²) in [5.74, 6) is 0.774. The Kier molecular flexibility index (Phi) is 4.08. The molecule has 0 radical (unpaired) electrons. The van der Waals surface area contributed by atoms with Crippen molar-refractivity contribution in [3.63, 3.8) is 0 Å². The SMILES string of the molecule is CC(c1ccc(Br)cc1)n1c(Cl)nnc1-c1ccccc1. The van der Waals surface area contributed by atoms with Gasteiger partial charge in [0.15, 0.2) is 5.82 Å². The second-order valence-electron chi connectivity index (χ2n) is 4.76. The summed E-state index contributed by atoms with van der Waals surface area (Å²) < 4.78 is 3.00. The van der Waals surface area contributed by atoms with Crippen molar-refractivity contribution in [3.8, 4) is 11.4 Å². The number of rotatable bonds is 3. The number of halogens is 2. The third-order valence-electron chi connectivity index (χ3n) is 3.43. The molecule has 3 aromatic rings. The van der Waals surface area contributed by atoms with E-state index in [0.29, 0.717) is 5.28 Å². The summed E-state index contributed by atoms with van der Waals surface area (Å²) >= 11 is 9.70. The van der Waals surface area contributed by atoms with Gasteiger partial charge in [0.2, 0.25) is 5.28 Å². The molecule has 106 valence electrons. The second-order valence-corrected chi connectivity index (χ2v) is 6.01. The minimum Gasteiger partial charge on any atom is -0.290 e. The molecule has 1 aromatic heterocycles. The van der Waals surface area contributed by atoms with Crippen molar-refractivity contribution in [2.45, 2.75) is 13.0 Å². The quantitative estimate of drug-likeness (QED) is 0.658. The molecular weight excluding hydrogens is 350 g/mol. The van der Waals surface area contributed by atoms with E-state index in [2.05, 4.69) is 45.2 Å². The van der Waals surface area contributed by atoms with Crippen LogP contribution in [0.15, 0.2) is 59.1 Å². The number of benzene rings is 2. The smallest absolute Gasteiger partial charge is 0.225 e. The van der Waals surface area contributed by atoms with Gasteiger partial charge >= 0.3 is 0 Å². The molecule has 0 saturated carbocycles. The van der Waals surface area contributed by atoms with E-state index in [1.807, 2.05) is 47.0 Å². The van der Waals surface area contributed by atoms with Gasteiger partial charge in [-0.3, -0.25) is 4.57 Å². The van der Waals surface area contributed by atoms with Crippen LogP contribution in [0.3, 0.4) is 0 Å². The largest absolute Gasteiger partial charge is 0.290 e. The number of nitrogens with zero attached hydrogens (tertiary/aromatic N) is 3. The maximum atomic E-state index is 6.25. The zero-order valence-corrected chi connectivity index (χ0v) is 13.7. The molecule has 5 heteroatoms. The number of hydrogen-bond donors (Lipinski definition) is 0. The highest BCUT2D eigenvalue weighted by molar-refractivity contribution is 9.10. The predicted octanol–water partition coefficient (Wildman–Crippen LogP) is 4.97. The molecular formula is C16H13BrClN3. The first kappa shape index (κ1) is 14.3. The standard InChI is InChI=1S/C16H13BrClN3/c1-11(12-7-9-14(17)10-8-12)21-15(19-20-16(21)18)13-5-3-2-4-6-13/h2-11H,1H3. The molecule has 0 spiro atoms. The maximum absolute atomic E-state index is 6.25. The zero-order chi connectivity index (χ0) is 14.8. The van der Waals surface area contributed by atoms with E-state index in [0.717, 1.165) is 21.4 Å². The van der Waals surface area contributed by atoms with Crippen molar-refractivity contribution in [1.29, 1.82) is 0 Å². The first-order valence-corrected chi connectivity index (χ1v) is 7.75. The molecule has 0 fully saturated rings. The van der Waals surface area contributed by atoms with Crippen LogP contribution in [0.4, 0.5) is 0 Å². The molecule has 0 aliphatic carbocycles. The highest BCUT2D eigenvalue weighted by Gasteiger charge is 2.18. The van der Waals surface area contributed by atoms with Gasteiger partial charge in [-0.1, -0.05) is 58.4 Å². The Morgan fingerprint density at radius 3 is 2.33 bits per heavy atom. The summed E-state index contributed by atoms with van der Waals surface area (Å²) in [7, 11) is 0. The van der Waals surface area contributed by atoms with Crippen molar-refractivity contribution >= 4 is 27.5 Å². The fourth-order valence-electron chi connectivity index (χ4n) is 2.29. The average molecular weight is 363 g/mol. The van der Waals surface area contributed by atoms with Crippen molar-refractivity contribution in [2.75, 3.05) is 0 Å². The van der Waals surface area contributed by atoms with E-state index in [1.54, 1.807) is 0 Å². The lowest BCUT2D eigenvalue weighted by molar-refractivity contribution is 0.644. The van der Waals surface area contributed by atoms with E-state index in [1.165, 1.54) is 0 Å². The van der Waals surface area contributed by atoms with E-state index < -0.39 is 0 Å². The molecule has 1 heterocycles. The highest BCUT2D eigenvalue weighted by atomic mass is 79.9. The molecule has 0 aliphatic heterocycles. The Morgan fingerprint density at radius 1 is 1.00 bits per heavy atom. The van der Waals surface area contributed by atoms with Crippen molar-refractivity contribution < 1.29 is 0 Å². The number of hydrogen-bond acceptors (Lipinski definition) is 2. The summed E-state index contributed by atoms with van der Waals surface area (Å²) in [6.45, 7) is 2.09. The molecule has 0 saturated heterocycles. The number of aromatic nitrogens is 3. The van der Waals surface area contributed by atoms with Crippen LogP contribution in [0.2, 0.25) is 5.28 Å². The van der Waals surface area contributed by atoms with Gasteiger partial charge in [0.1, 0.15) is 0 Å². The topological polar surface area (TPSA) is 30.7 Å². The summed E-state index contributed by atoms with van der Waals surface area (Å²) in [5.41, 5.74) is 2.15. The second kappa shape index (κ2) is 6.00. The highest BCUT2D eigenvalue weighted by Crippen LogP contribution is 2.29. The van der Waals surface area contributed by atoms with Crippen LogP contribution < -0.4 is 0 Å². The summed E-state index contributed by atoms with van der Waals surface area (Å²) in [6, 6.07) is 18.2. The molecule has 1 unspecified atom stereocenters. The van der Waals surface area contributed by atoms with Crippen molar-refractivity contribution in [1.82, 2.24) is 14.8 Å². The van der Waals surface area contributed by atoms with Gasteiger partial charge in [-0.15, -0.1) is 10.2 Å². The summed E-state index contributed by atoms with van der Waals surface area (Å²) in [6.07, 6.45) is 0. The third-order valence-corrected chi connectivity index (χ3v) is 4.21. The molecule has 0 N–H and O–H groups in total. The van der Waals surface area contributed by atoms with Crippen molar-refractivity contribution in [3.05, 3.63) is 69.9 Å². The van der Waals surface area contributed by atoms with E-state index >= 15 is 0 Å².